The minimum absolute atomic E-state index is 0.191. The van der Waals surface area contributed by atoms with Crippen LogP contribution in [0, 0.1) is 0 Å². The van der Waals surface area contributed by atoms with Crippen LogP contribution in [0.3, 0.4) is 0 Å². The van der Waals surface area contributed by atoms with Crippen LogP contribution in [0.4, 0.5) is 0 Å². The van der Waals surface area contributed by atoms with Crippen LogP contribution in [-0.2, 0) is 5.41 Å². The van der Waals surface area contributed by atoms with E-state index < -0.39 is 0 Å². The zero-order valence-electron chi connectivity index (χ0n) is 11.5. The second-order valence-corrected chi connectivity index (χ2v) is 5.33. The molecule has 0 N–H and O–H groups in total. The van der Waals surface area contributed by atoms with E-state index in [1.54, 1.807) is 22.0 Å². The summed E-state index contributed by atoms with van der Waals surface area (Å²) in [5, 5.41) is 8.31. The second-order valence-electron chi connectivity index (χ2n) is 5.33. The van der Waals surface area contributed by atoms with Gasteiger partial charge >= 0.3 is 0 Å². The largest absolute Gasteiger partial charge is 0.223 e. The molecule has 3 rings (SSSR count). The highest BCUT2D eigenvalue weighted by atomic mass is 15.4. The summed E-state index contributed by atoms with van der Waals surface area (Å²) in [6.45, 7) is 6.27. The van der Waals surface area contributed by atoms with Crippen LogP contribution in [0.2, 0.25) is 0 Å². The minimum Gasteiger partial charge on any atom is -0.223 e. The first-order valence-electron chi connectivity index (χ1n) is 6.13. The molecule has 0 bridgehead atoms. The highest BCUT2D eigenvalue weighted by Gasteiger charge is 2.26. The van der Waals surface area contributed by atoms with Gasteiger partial charge in [0, 0.05) is 5.56 Å². The lowest BCUT2D eigenvalue weighted by Gasteiger charge is -2.23. The Morgan fingerprint density at radius 2 is 1.30 bits per heavy atom. The van der Waals surface area contributed by atoms with E-state index in [-0.39, 0.29) is 5.41 Å². The SMILES string of the molecule is CC(C)(C)c1c(-n2cncn2)ncnc1-n1cncn1. The maximum Gasteiger partial charge on any atom is 0.164 e. The van der Waals surface area contributed by atoms with Crippen LogP contribution in [0.25, 0.3) is 11.6 Å². The van der Waals surface area contributed by atoms with E-state index in [0.717, 1.165) is 5.56 Å². The number of hydrogen-bond donors (Lipinski definition) is 0. The molecule has 20 heavy (non-hydrogen) atoms. The van der Waals surface area contributed by atoms with Crippen molar-refractivity contribution in [3.8, 4) is 11.6 Å². The van der Waals surface area contributed by atoms with Crippen molar-refractivity contribution in [2.45, 2.75) is 26.2 Å². The van der Waals surface area contributed by atoms with Crippen LogP contribution >= 0.6 is 0 Å². The lowest BCUT2D eigenvalue weighted by molar-refractivity contribution is 0.565. The van der Waals surface area contributed by atoms with Gasteiger partial charge in [-0.05, 0) is 5.41 Å². The third-order valence-corrected chi connectivity index (χ3v) is 2.83. The Morgan fingerprint density at radius 1 is 0.800 bits per heavy atom. The Balaban J connectivity index is 2.29. The molecule has 0 radical (unpaired) electrons. The predicted octanol–water partition coefficient (Wildman–Crippen LogP) is 0.935. The maximum absolute atomic E-state index is 4.35. The van der Waals surface area contributed by atoms with Crippen molar-refractivity contribution in [1.82, 2.24) is 39.5 Å². The maximum atomic E-state index is 4.35. The molecular weight excluding hydrogens is 256 g/mol. The Bertz CT molecular complexity index is 641. The molecule has 8 nitrogen and oxygen atoms in total. The first-order valence-corrected chi connectivity index (χ1v) is 6.13. The molecule has 0 aliphatic rings. The van der Waals surface area contributed by atoms with Gasteiger partial charge in [-0.15, -0.1) is 0 Å². The van der Waals surface area contributed by atoms with Gasteiger partial charge in [0.25, 0.3) is 0 Å². The average molecular weight is 270 g/mol. The van der Waals surface area contributed by atoms with Gasteiger partial charge in [-0.1, -0.05) is 20.8 Å². The van der Waals surface area contributed by atoms with Gasteiger partial charge in [0.2, 0.25) is 0 Å². The van der Waals surface area contributed by atoms with Crippen molar-refractivity contribution in [3.05, 3.63) is 37.2 Å². The molecule has 0 aliphatic heterocycles. The first-order chi connectivity index (χ1) is 9.57. The summed E-state index contributed by atoms with van der Waals surface area (Å²) < 4.78 is 3.26. The lowest BCUT2D eigenvalue weighted by Crippen LogP contribution is -2.21. The average Bonchev–Trinajstić information content (AvgIpc) is 3.10. The number of aromatic nitrogens is 8. The van der Waals surface area contributed by atoms with Gasteiger partial charge in [0.1, 0.15) is 31.6 Å². The third-order valence-electron chi connectivity index (χ3n) is 2.83. The molecule has 3 heterocycles. The van der Waals surface area contributed by atoms with Crippen LogP contribution in [0.5, 0.6) is 0 Å². The van der Waals surface area contributed by atoms with Crippen molar-refractivity contribution in [2.75, 3.05) is 0 Å². The van der Waals surface area contributed by atoms with Crippen LogP contribution < -0.4 is 0 Å². The lowest BCUT2D eigenvalue weighted by atomic mass is 9.87. The Morgan fingerprint density at radius 3 is 1.65 bits per heavy atom. The fraction of sp³-hybridized carbons (Fsp3) is 0.333. The van der Waals surface area contributed by atoms with E-state index in [1.165, 1.54) is 19.0 Å². The molecule has 0 spiro atoms. The monoisotopic (exact) mass is 270 g/mol. The number of rotatable bonds is 2. The zero-order valence-corrected chi connectivity index (χ0v) is 11.5. The van der Waals surface area contributed by atoms with E-state index in [1.807, 2.05) is 0 Å². The van der Waals surface area contributed by atoms with E-state index in [4.69, 9.17) is 0 Å². The van der Waals surface area contributed by atoms with Gasteiger partial charge in [0.05, 0.1) is 0 Å². The fourth-order valence-electron chi connectivity index (χ4n) is 2.02. The first kappa shape index (κ1) is 12.4. The highest BCUT2D eigenvalue weighted by Crippen LogP contribution is 2.30. The second kappa shape index (κ2) is 4.48. The minimum atomic E-state index is -0.191. The van der Waals surface area contributed by atoms with Gasteiger partial charge in [-0.2, -0.15) is 10.2 Å². The van der Waals surface area contributed by atoms with Crippen LogP contribution in [-0.4, -0.2) is 39.5 Å². The molecule has 0 saturated heterocycles. The quantitative estimate of drug-likeness (QED) is 0.688. The van der Waals surface area contributed by atoms with Gasteiger partial charge in [-0.3, -0.25) is 0 Å². The highest BCUT2D eigenvalue weighted by molar-refractivity contribution is 5.47. The zero-order chi connectivity index (χ0) is 14.2. The van der Waals surface area contributed by atoms with Gasteiger partial charge < -0.3 is 0 Å². The Labute approximate surface area is 115 Å². The summed E-state index contributed by atoms with van der Waals surface area (Å²) in [6, 6.07) is 0. The van der Waals surface area contributed by atoms with Crippen molar-refractivity contribution >= 4 is 0 Å². The molecule has 0 aliphatic carbocycles. The summed E-state index contributed by atoms with van der Waals surface area (Å²) in [6.07, 6.45) is 7.67. The summed E-state index contributed by atoms with van der Waals surface area (Å²) in [4.78, 5) is 16.6. The molecule has 0 amide bonds. The molecule has 0 fully saturated rings. The summed E-state index contributed by atoms with van der Waals surface area (Å²) in [5.41, 5.74) is 0.736. The number of nitrogens with zero attached hydrogens (tertiary/aromatic N) is 8. The third kappa shape index (κ3) is 2.04. The smallest absolute Gasteiger partial charge is 0.164 e. The van der Waals surface area contributed by atoms with E-state index in [2.05, 4.69) is 50.9 Å². The predicted molar refractivity (Wildman–Crippen MR) is 70.6 cm³/mol. The normalized spacial score (nSPS) is 11.8. The molecular formula is C12H14N8. The van der Waals surface area contributed by atoms with Crippen molar-refractivity contribution in [2.24, 2.45) is 0 Å². The van der Waals surface area contributed by atoms with Crippen molar-refractivity contribution in [1.29, 1.82) is 0 Å². The summed E-state index contributed by atoms with van der Waals surface area (Å²) >= 11 is 0. The van der Waals surface area contributed by atoms with Crippen molar-refractivity contribution < 1.29 is 0 Å². The Hall–Kier alpha value is -2.64. The van der Waals surface area contributed by atoms with Crippen LogP contribution in [0.15, 0.2) is 31.6 Å². The summed E-state index contributed by atoms with van der Waals surface area (Å²) in [7, 11) is 0. The van der Waals surface area contributed by atoms with E-state index in [0.29, 0.717) is 11.6 Å². The van der Waals surface area contributed by atoms with E-state index in [9.17, 15) is 0 Å². The van der Waals surface area contributed by atoms with Crippen LogP contribution in [0.1, 0.15) is 26.3 Å². The number of hydrogen-bond acceptors (Lipinski definition) is 6. The van der Waals surface area contributed by atoms with Crippen molar-refractivity contribution in [3.63, 3.8) is 0 Å². The fourth-order valence-corrected chi connectivity index (χ4v) is 2.02. The molecule has 3 aromatic heterocycles. The molecule has 102 valence electrons. The molecule has 3 aromatic rings. The molecule has 0 aromatic carbocycles. The Kier molecular flexibility index (Phi) is 2.78. The molecule has 8 heteroatoms. The van der Waals surface area contributed by atoms with E-state index >= 15 is 0 Å². The molecule has 0 unspecified atom stereocenters. The van der Waals surface area contributed by atoms with Gasteiger partial charge in [0.15, 0.2) is 11.6 Å². The molecule has 0 atom stereocenters. The van der Waals surface area contributed by atoms with Gasteiger partial charge in [-0.25, -0.2) is 29.3 Å². The summed E-state index contributed by atoms with van der Waals surface area (Å²) in [5.74, 6) is 1.38. The standard InChI is InChI=1S/C12H14N8/c1-12(2,3)9-10(19-7-13-4-17-19)15-6-16-11(9)20-8-14-5-18-20/h4-8H,1-3H3. The molecule has 0 saturated carbocycles. The topological polar surface area (TPSA) is 87.2 Å².